The molecule has 1 amide bonds. The molecule has 1 saturated heterocycles. The Morgan fingerprint density at radius 2 is 2.21 bits per heavy atom. The van der Waals surface area contributed by atoms with E-state index in [1.165, 1.54) is 25.7 Å². The number of carbonyl (C=O) groups excluding carboxylic acids is 1. The maximum atomic E-state index is 12.0. The number of nitrogens with one attached hydrogen (secondary N) is 1. The molecule has 1 aromatic heterocycles. The van der Waals surface area contributed by atoms with Crippen molar-refractivity contribution >= 4 is 5.91 Å². The van der Waals surface area contributed by atoms with Crippen LogP contribution in [0.5, 0.6) is 0 Å². The molecule has 5 heteroatoms. The molecule has 2 fully saturated rings. The van der Waals surface area contributed by atoms with E-state index in [0.717, 1.165) is 19.4 Å². The van der Waals surface area contributed by atoms with Crippen LogP contribution in [0, 0.1) is 0 Å². The maximum Gasteiger partial charge on any atom is 0.271 e. The number of nitrogens with zero attached hydrogens (tertiary/aromatic N) is 2. The zero-order valence-electron chi connectivity index (χ0n) is 11.2. The summed E-state index contributed by atoms with van der Waals surface area (Å²) >= 11 is 0. The smallest absolute Gasteiger partial charge is 0.271 e. The molecular formula is C14H21N3O2. The Hall–Kier alpha value is -1.36. The number of hydrogen-bond donors (Lipinski definition) is 1. The van der Waals surface area contributed by atoms with Gasteiger partial charge in [-0.3, -0.25) is 9.48 Å². The van der Waals surface area contributed by atoms with Gasteiger partial charge >= 0.3 is 0 Å². The molecule has 0 spiro atoms. The summed E-state index contributed by atoms with van der Waals surface area (Å²) in [6.45, 7) is 1.41. The lowest BCUT2D eigenvalue weighted by molar-refractivity contribution is 0.0853. The minimum Gasteiger partial charge on any atom is -0.376 e. The largest absolute Gasteiger partial charge is 0.376 e. The average Bonchev–Trinajstić information content (AvgIpc) is 3.14. The number of hydrogen-bond acceptors (Lipinski definition) is 3. The van der Waals surface area contributed by atoms with Gasteiger partial charge in [0.05, 0.1) is 12.1 Å². The van der Waals surface area contributed by atoms with E-state index in [2.05, 4.69) is 10.4 Å². The van der Waals surface area contributed by atoms with E-state index in [1.807, 2.05) is 16.9 Å². The Balaban J connectivity index is 1.54. The molecule has 1 aliphatic heterocycles. The van der Waals surface area contributed by atoms with Crippen LogP contribution in [0.1, 0.15) is 55.1 Å². The van der Waals surface area contributed by atoms with Crippen LogP contribution in [-0.2, 0) is 4.74 Å². The quantitative estimate of drug-likeness (QED) is 0.902. The van der Waals surface area contributed by atoms with Crippen LogP contribution in [0.25, 0.3) is 0 Å². The lowest BCUT2D eigenvalue weighted by atomic mass is 10.2. The van der Waals surface area contributed by atoms with E-state index in [4.69, 9.17) is 4.74 Å². The maximum absolute atomic E-state index is 12.0. The number of ether oxygens (including phenoxy) is 1. The van der Waals surface area contributed by atoms with Crippen LogP contribution in [0.4, 0.5) is 0 Å². The van der Waals surface area contributed by atoms with Gasteiger partial charge in [-0.2, -0.15) is 5.10 Å². The van der Waals surface area contributed by atoms with E-state index >= 15 is 0 Å². The second-order valence-electron chi connectivity index (χ2n) is 5.46. The monoisotopic (exact) mass is 263 g/mol. The van der Waals surface area contributed by atoms with Gasteiger partial charge in [0.2, 0.25) is 0 Å². The molecule has 1 aromatic rings. The molecule has 3 rings (SSSR count). The van der Waals surface area contributed by atoms with Gasteiger partial charge in [-0.1, -0.05) is 12.8 Å². The Labute approximate surface area is 113 Å². The van der Waals surface area contributed by atoms with Crippen LogP contribution in [0.15, 0.2) is 12.3 Å². The summed E-state index contributed by atoms with van der Waals surface area (Å²) in [6, 6.07) is 2.29. The molecule has 0 bridgehead atoms. The molecule has 1 saturated carbocycles. The van der Waals surface area contributed by atoms with E-state index in [9.17, 15) is 4.79 Å². The van der Waals surface area contributed by atoms with Crippen molar-refractivity contribution in [3.8, 4) is 0 Å². The van der Waals surface area contributed by atoms with Gasteiger partial charge in [0.25, 0.3) is 5.91 Å². The van der Waals surface area contributed by atoms with Crippen molar-refractivity contribution < 1.29 is 9.53 Å². The third-order valence-corrected chi connectivity index (χ3v) is 4.05. The highest BCUT2D eigenvalue weighted by Gasteiger charge is 2.20. The number of amides is 1. The minimum absolute atomic E-state index is 0.0905. The van der Waals surface area contributed by atoms with Gasteiger partial charge in [0, 0.05) is 19.3 Å². The fourth-order valence-electron chi connectivity index (χ4n) is 2.93. The fourth-order valence-corrected chi connectivity index (χ4v) is 2.93. The van der Waals surface area contributed by atoms with Crippen LogP contribution >= 0.6 is 0 Å². The van der Waals surface area contributed by atoms with E-state index < -0.39 is 0 Å². The first-order valence-corrected chi connectivity index (χ1v) is 7.28. The van der Waals surface area contributed by atoms with E-state index in [-0.39, 0.29) is 12.0 Å². The lowest BCUT2D eigenvalue weighted by Crippen LogP contribution is -2.32. The molecule has 104 valence electrons. The summed E-state index contributed by atoms with van der Waals surface area (Å²) in [5, 5.41) is 7.31. The van der Waals surface area contributed by atoms with Crippen molar-refractivity contribution in [1.82, 2.24) is 15.1 Å². The summed E-state index contributed by atoms with van der Waals surface area (Å²) in [5.74, 6) is -0.0905. The normalized spacial score (nSPS) is 23.9. The zero-order valence-corrected chi connectivity index (χ0v) is 11.2. The first-order valence-electron chi connectivity index (χ1n) is 7.28. The first kappa shape index (κ1) is 12.7. The summed E-state index contributed by atoms with van der Waals surface area (Å²) in [6.07, 6.45) is 9.14. The first-order chi connectivity index (χ1) is 9.33. The topological polar surface area (TPSA) is 56.1 Å². The number of rotatable bonds is 4. The summed E-state index contributed by atoms with van der Waals surface area (Å²) in [4.78, 5) is 12.0. The predicted molar refractivity (Wildman–Crippen MR) is 71.0 cm³/mol. The highest BCUT2D eigenvalue weighted by atomic mass is 16.5. The lowest BCUT2D eigenvalue weighted by Gasteiger charge is -2.10. The molecule has 1 unspecified atom stereocenters. The standard InChI is InChI=1S/C14H21N3O2/c18-14(15-10-12-6-3-9-19-12)13-7-8-17(16-13)11-4-1-2-5-11/h7-8,11-12H,1-6,9-10H2,(H,15,18). The molecule has 5 nitrogen and oxygen atoms in total. The summed E-state index contributed by atoms with van der Waals surface area (Å²) in [7, 11) is 0. The second kappa shape index (κ2) is 5.74. The molecule has 0 aromatic carbocycles. The van der Waals surface area contributed by atoms with Crippen LogP contribution in [-0.4, -0.2) is 34.9 Å². The molecule has 2 aliphatic rings. The van der Waals surface area contributed by atoms with Gasteiger partial charge < -0.3 is 10.1 Å². The molecule has 2 heterocycles. The van der Waals surface area contributed by atoms with Gasteiger partial charge in [-0.15, -0.1) is 0 Å². The Morgan fingerprint density at radius 3 is 2.95 bits per heavy atom. The predicted octanol–water partition coefficient (Wildman–Crippen LogP) is 1.91. The molecule has 1 aliphatic carbocycles. The third kappa shape index (κ3) is 2.97. The summed E-state index contributed by atoms with van der Waals surface area (Å²) < 4.78 is 7.44. The van der Waals surface area contributed by atoms with Gasteiger partial charge in [-0.05, 0) is 31.7 Å². The molecule has 1 atom stereocenters. The van der Waals surface area contributed by atoms with Crippen molar-refractivity contribution in [2.75, 3.05) is 13.2 Å². The van der Waals surface area contributed by atoms with Gasteiger partial charge in [-0.25, -0.2) is 0 Å². The Kier molecular flexibility index (Phi) is 3.82. The van der Waals surface area contributed by atoms with Gasteiger partial charge in [0.15, 0.2) is 0 Å². The zero-order chi connectivity index (χ0) is 13.1. The van der Waals surface area contributed by atoms with E-state index in [0.29, 0.717) is 18.3 Å². The van der Waals surface area contributed by atoms with Crippen molar-refractivity contribution in [3.05, 3.63) is 18.0 Å². The molecule has 1 N–H and O–H groups in total. The summed E-state index contributed by atoms with van der Waals surface area (Å²) in [5.41, 5.74) is 0.518. The SMILES string of the molecule is O=C(NCC1CCCO1)c1ccn(C2CCCC2)n1. The molecule has 19 heavy (non-hydrogen) atoms. The van der Waals surface area contributed by atoms with Crippen LogP contribution in [0.3, 0.4) is 0 Å². The number of carbonyl (C=O) groups is 1. The highest BCUT2D eigenvalue weighted by molar-refractivity contribution is 5.92. The molecular weight excluding hydrogens is 242 g/mol. The van der Waals surface area contributed by atoms with E-state index in [1.54, 1.807) is 0 Å². The average molecular weight is 263 g/mol. The Morgan fingerprint density at radius 1 is 1.37 bits per heavy atom. The van der Waals surface area contributed by atoms with Gasteiger partial charge in [0.1, 0.15) is 5.69 Å². The van der Waals surface area contributed by atoms with Crippen molar-refractivity contribution in [2.45, 2.75) is 50.7 Å². The van der Waals surface area contributed by atoms with Crippen LogP contribution in [0.2, 0.25) is 0 Å². The fraction of sp³-hybridized carbons (Fsp3) is 0.714. The minimum atomic E-state index is -0.0905. The van der Waals surface area contributed by atoms with Crippen molar-refractivity contribution in [1.29, 1.82) is 0 Å². The highest BCUT2D eigenvalue weighted by Crippen LogP contribution is 2.28. The Bertz CT molecular complexity index is 432. The van der Waals surface area contributed by atoms with Crippen LogP contribution < -0.4 is 5.32 Å². The van der Waals surface area contributed by atoms with Crippen molar-refractivity contribution in [2.24, 2.45) is 0 Å². The third-order valence-electron chi connectivity index (χ3n) is 4.05. The number of aromatic nitrogens is 2. The second-order valence-corrected chi connectivity index (χ2v) is 5.46. The molecule has 0 radical (unpaired) electrons. The van der Waals surface area contributed by atoms with Crippen molar-refractivity contribution in [3.63, 3.8) is 0 Å².